The third kappa shape index (κ3) is 4.06. The SMILES string of the molecule is Cc1cc(C)cc(Nc2nc(NCc3ccccc3)c3ccccc3n2)c1. The van der Waals surface area contributed by atoms with Crippen LogP contribution in [0.25, 0.3) is 10.9 Å². The van der Waals surface area contributed by atoms with Gasteiger partial charge in [0.2, 0.25) is 5.95 Å². The van der Waals surface area contributed by atoms with Gasteiger partial charge < -0.3 is 10.6 Å². The van der Waals surface area contributed by atoms with E-state index in [0.717, 1.165) is 22.4 Å². The van der Waals surface area contributed by atoms with Gasteiger partial charge in [-0.3, -0.25) is 0 Å². The normalized spacial score (nSPS) is 10.7. The molecule has 0 saturated heterocycles. The second-order valence-corrected chi connectivity index (χ2v) is 6.75. The van der Waals surface area contributed by atoms with Gasteiger partial charge in [0, 0.05) is 17.6 Å². The first-order chi connectivity index (χ1) is 13.2. The van der Waals surface area contributed by atoms with E-state index in [9.17, 15) is 0 Å². The van der Waals surface area contributed by atoms with E-state index in [4.69, 9.17) is 4.98 Å². The average molecular weight is 354 g/mol. The number of aryl methyl sites for hydroxylation is 2. The molecule has 0 saturated carbocycles. The second kappa shape index (κ2) is 7.46. The summed E-state index contributed by atoms with van der Waals surface area (Å²) in [6, 6.07) is 24.7. The van der Waals surface area contributed by atoms with Crippen LogP contribution in [0.4, 0.5) is 17.5 Å². The third-order valence-electron chi connectivity index (χ3n) is 4.38. The number of hydrogen-bond donors (Lipinski definition) is 2. The monoisotopic (exact) mass is 354 g/mol. The molecule has 3 aromatic carbocycles. The largest absolute Gasteiger partial charge is 0.365 e. The van der Waals surface area contributed by atoms with Crippen LogP contribution in [0.3, 0.4) is 0 Å². The Kier molecular flexibility index (Phi) is 4.71. The van der Waals surface area contributed by atoms with E-state index in [2.05, 4.69) is 59.8 Å². The zero-order valence-corrected chi connectivity index (χ0v) is 15.5. The van der Waals surface area contributed by atoms with Crippen molar-refractivity contribution < 1.29 is 0 Å². The Bertz CT molecular complexity index is 1050. The van der Waals surface area contributed by atoms with Gasteiger partial charge in [0.1, 0.15) is 5.82 Å². The van der Waals surface area contributed by atoms with E-state index in [1.807, 2.05) is 42.5 Å². The molecule has 4 nitrogen and oxygen atoms in total. The highest BCUT2D eigenvalue weighted by atomic mass is 15.1. The molecular weight excluding hydrogens is 332 g/mol. The smallest absolute Gasteiger partial charge is 0.229 e. The van der Waals surface area contributed by atoms with E-state index >= 15 is 0 Å². The number of benzene rings is 3. The highest BCUT2D eigenvalue weighted by Crippen LogP contribution is 2.25. The molecule has 0 atom stereocenters. The van der Waals surface area contributed by atoms with Gasteiger partial charge in [-0.05, 0) is 54.8 Å². The molecule has 4 heteroatoms. The number of rotatable bonds is 5. The Morgan fingerprint density at radius 2 is 1.48 bits per heavy atom. The lowest BCUT2D eigenvalue weighted by molar-refractivity contribution is 1.10. The van der Waals surface area contributed by atoms with Crippen molar-refractivity contribution in [2.45, 2.75) is 20.4 Å². The van der Waals surface area contributed by atoms with E-state index in [1.165, 1.54) is 16.7 Å². The Labute approximate surface area is 159 Å². The number of anilines is 3. The van der Waals surface area contributed by atoms with Crippen molar-refractivity contribution in [2.75, 3.05) is 10.6 Å². The lowest BCUT2D eigenvalue weighted by atomic mass is 10.1. The van der Waals surface area contributed by atoms with E-state index in [0.29, 0.717) is 12.5 Å². The first kappa shape index (κ1) is 17.0. The number of hydrogen-bond acceptors (Lipinski definition) is 4. The van der Waals surface area contributed by atoms with Crippen LogP contribution in [0.2, 0.25) is 0 Å². The van der Waals surface area contributed by atoms with Crippen molar-refractivity contribution in [3.05, 3.63) is 89.5 Å². The topological polar surface area (TPSA) is 49.8 Å². The summed E-state index contributed by atoms with van der Waals surface area (Å²) in [4.78, 5) is 9.42. The summed E-state index contributed by atoms with van der Waals surface area (Å²) < 4.78 is 0. The fourth-order valence-corrected chi connectivity index (χ4v) is 3.22. The Hall–Kier alpha value is -3.40. The molecule has 27 heavy (non-hydrogen) atoms. The number of nitrogens with one attached hydrogen (secondary N) is 2. The van der Waals surface area contributed by atoms with Gasteiger partial charge in [0.15, 0.2) is 0 Å². The van der Waals surface area contributed by atoms with Gasteiger partial charge in [0.05, 0.1) is 5.52 Å². The zero-order chi connectivity index (χ0) is 18.6. The molecule has 0 spiro atoms. The van der Waals surface area contributed by atoms with E-state index in [-0.39, 0.29) is 0 Å². The predicted molar refractivity (Wildman–Crippen MR) is 113 cm³/mol. The molecule has 4 rings (SSSR count). The molecule has 0 unspecified atom stereocenters. The maximum atomic E-state index is 4.74. The minimum Gasteiger partial charge on any atom is -0.365 e. The molecule has 1 aromatic heterocycles. The minimum atomic E-state index is 0.592. The first-order valence-electron chi connectivity index (χ1n) is 9.07. The lowest BCUT2D eigenvalue weighted by Gasteiger charge is -2.12. The standard InChI is InChI=1S/C23H22N4/c1-16-12-17(2)14-19(13-16)25-23-26-21-11-7-6-10-20(21)22(27-23)24-15-18-8-4-3-5-9-18/h3-14H,15H2,1-2H3,(H2,24,25,26,27). The fourth-order valence-electron chi connectivity index (χ4n) is 3.22. The quantitative estimate of drug-likeness (QED) is 0.489. The summed E-state index contributed by atoms with van der Waals surface area (Å²) in [5, 5.41) is 7.83. The van der Waals surface area contributed by atoms with Crippen molar-refractivity contribution in [1.82, 2.24) is 9.97 Å². The van der Waals surface area contributed by atoms with Crippen LogP contribution in [0, 0.1) is 13.8 Å². The van der Waals surface area contributed by atoms with Crippen molar-refractivity contribution in [1.29, 1.82) is 0 Å². The summed E-state index contributed by atoms with van der Waals surface area (Å²) >= 11 is 0. The van der Waals surface area contributed by atoms with Crippen LogP contribution in [0.15, 0.2) is 72.8 Å². The van der Waals surface area contributed by atoms with Gasteiger partial charge in [-0.15, -0.1) is 0 Å². The number of fused-ring (bicyclic) bond motifs is 1. The number of para-hydroxylation sites is 1. The minimum absolute atomic E-state index is 0.592. The van der Waals surface area contributed by atoms with Crippen molar-refractivity contribution in [2.24, 2.45) is 0 Å². The molecule has 2 N–H and O–H groups in total. The van der Waals surface area contributed by atoms with Crippen LogP contribution in [0.1, 0.15) is 16.7 Å². The zero-order valence-electron chi connectivity index (χ0n) is 15.5. The van der Waals surface area contributed by atoms with Crippen LogP contribution >= 0.6 is 0 Å². The Balaban J connectivity index is 1.67. The maximum Gasteiger partial charge on any atom is 0.229 e. The molecule has 134 valence electrons. The molecule has 0 amide bonds. The second-order valence-electron chi connectivity index (χ2n) is 6.75. The van der Waals surface area contributed by atoms with Crippen LogP contribution < -0.4 is 10.6 Å². The predicted octanol–water partition coefficient (Wildman–Crippen LogP) is 5.60. The molecule has 0 radical (unpaired) electrons. The summed E-state index contributed by atoms with van der Waals surface area (Å²) in [5.41, 5.74) is 5.54. The summed E-state index contributed by atoms with van der Waals surface area (Å²) in [7, 11) is 0. The first-order valence-corrected chi connectivity index (χ1v) is 9.07. The molecule has 0 aliphatic carbocycles. The highest BCUT2D eigenvalue weighted by Gasteiger charge is 2.08. The van der Waals surface area contributed by atoms with E-state index < -0.39 is 0 Å². The summed E-state index contributed by atoms with van der Waals surface area (Å²) in [6.07, 6.45) is 0. The van der Waals surface area contributed by atoms with Crippen molar-refractivity contribution >= 4 is 28.4 Å². The Morgan fingerprint density at radius 1 is 0.778 bits per heavy atom. The molecule has 4 aromatic rings. The lowest BCUT2D eigenvalue weighted by Crippen LogP contribution is -2.05. The number of aromatic nitrogens is 2. The van der Waals surface area contributed by atoms with Crippen molar-refractivity contribution in [3.8, 4) is 0 Å². The van der Waals surface area contributed by atoms with Crippen LogP contribution in [0.5, 0.6) is 0 Å². The summed E-state index contributed by atoms with van der Waals surface area (Å²) in [5.74, 6) is 1.42. The van der Waals surface area contributed by atoms with E-state index in [1.54, 1.807) is 0 Å². The number of nitrogens with zero attached hydrogens (tertiary/aromatic N) is 2. The van der Waals surface area contributed by atoms with Gasteiger partial charge in [-0.2, -0.15) is 4.98 Å². The highest BCUT2D eigenvalue weighted by molar-refractivity contribution is 5.90. The van der Waals surface area contributed by atoms with Gasteiger partial charge in [-0.25, -0.2) is 4.98 Å². The van der Waals surface area contributed by atoms with Crippen LogP contribution in [-0.4, -0.2) is 9.97 Å². The third-order valence-corrected chi connectivity index (χ3v) is 4.38. The fraction of sp³-hybridized carbons (Fsp3) is 0.130. The molecule has 0 aliphatic heterocycles. The molecular formula is C23H22N4. The Morgan fingerprint density at radius 3 is 2.26 bits per heavy atom. The van der Waals surface area contributed by atoms with Gasteiger partial charge >= 0.3 is 0 Å². The van der Waals surface area contributed by atoms with Crippen molar-refractivity contribution in [3.63, 3.8) is 0 Å². The van der Waals surface area contributed by atoms with Gasteiger partial charge in [-0.1, -0.05) is 48.5 Å². The molecule has 0 aliphatic rings. The van der Waals surface area contributed by atoms with Crippen LogP contribution in [-0.2, 0) is 6.54 Å². The summed E-state index contributed by atoms with van der Waals surface area (Å²) in [6.45, 7) is 4.89. The molecule has 0 bridgehead atoms. The average Bonchev–Trinajstić information content (AvgIpc) is 2.66. The molecule has 0 fully saturated rings. The van der Waals surface area contributed by atoms with Gasteiger partial charge in [0.25, 0.3) is 0 Å². The molecule has 1 heterocycles. The maximum absolute atomic E-state index is 4.74.